The second-order valence-electron chi connectivity index (χ2n) is 6.67. The van der Waals surface area contributed by atoms with Crippen LogP contribution >= 0.6 is 0 Å². The lowest BCUT2D eigenvalue weighted by molar-refractivity contribution is 0.249. The normalized spacial score (nSPS) is 16.3. The molecule has 0 saturated carbocycles. The lowest BCUT2D eigenvalue weighted by atomic mass is 10.2. The van der Waals surface area contributed by atoms with Crippen molar-refractivity contribution >= 4 is 17.5 Å². The van der Waals surface area contributed by atoms with Crippen LogP contribution in [0.15, 0.2) is 61.1 Å². The number of nitrogens with zero attached hydrogens (tertiary/aromatic N) is 4. The first-order valence-electron chi connectivity index (χ1n) is 9.03. The van der Waals surface area contributed by atoms with Gasteiger partial charge in [0, 0.05) is 43.4 Å². The molecule has 0 aliphatic carbocycles. The minimum Gasteiger partial charge on any atom is -0.354 e. The van der Waals surface area contributed by atoms with E-state index in [2.05, 4.69) is 25.6 Å². The third kappa shape index (κ3) is 3.92. The molecule has 1 atom stereocenters. The Morgan fingerprint density at radius 1 is 1.19 bits per heavy atom. The summed E-state index contributed by atoms with van der Waals surface area (Å²) in [6.07, 6.45) is 6.33. The van der Waals surface area contributed by atoms with E-state index in [4.69, 9.17) is 0 Å². The summed E-state index contributed by atoms with van der Waals surface area (Å²) < 4.78 is 1.79. The van der Waals surface area contributed by atoms with E-state index in [0.29, 0.717) is 0 Å². The van der Waals surface area contributed by atoms with Crippen molar-refractivity contribution in [3.05, 3.63) is 66.6 Å². The second kappa shape index (κ2) is 7.49. The SMILES string of the molecule is Cc1cc(-n2cccn2)ccc1NC(=O)N[C@H]1CCN(c2ccccn2)C1. The van der Waals surface area contributed by atoms with Gasteiger partial charge in [0.05, 0.1) is 5.69 Å². The van der Waals surface area contributed by atoms with Gasteiger partial charge in [-0.15, -0.1) is 0 Å². The molecule has 1 aliphatic rings. The molecule has 1 aromatic carbocycles. The van der Waals surface area contributed by atoms with Gasteiger partial charge in [0.25, 0.3) is 0 Å². The topological polar surface area (TPSA) is 75.1 Å². The van der Waals surface area contributed by atoms with Crippen LogP contribution in [0.2, 0.25) is 0 Å². The van der Waals surface area contributed by atoms with Crippen LogP contribution in [0.25, 0.3) is 5.69 Å². The highest BCUT2D eigenvalue weighted by Crippen LogP contribution is 2.20. The average Bonchev–Trinajstić information content (AvgIpc) is 3.36. The van der Waals surface area contributed by atoms with Gasteiger partial charge in [-0.2, -0.15) is 5.10 Å². The first-order chi connectivity index (χ1) is 13.2. The van der Waals surface area contributed by atoms with Gasteiger partial charge in [-0.3, -0.25) is 0 Å². The smallest absolute Gasteiger partial charge is 0.319 e. The van der Waals surface area contributed by atoms with Crippen LogP contribution in [0.4, 0.5) is 16.3 Å². The number of hydrogen-bond acceptors (Lipinski definition) is 4. The zero-order valence-electron chi connectivity index (χ0n) is 15.2. The number of amides is 2. The molecule has 138 valence electrons. The number of carbonyl (C=O) groups excluding carboxylic acids is 1. The third-order valence-corrected chi connectivity index (χ3v) is 4.72. The molecule has 0 radical (unpaired) electrons. The molecule has 2 N–H and O–H groups in total. The molecule has 7 heteroatoms. The highest BCUT2D eigenvalue weighted by Gasteiger charge is 2.24. The minimum atomic E-state index is -0.183. The summed E-state index contributed by atoms with van der Waals surface area (Å²) in [5.41, 5.74) is 2.74. The number of hydrogen-bond donors (Lipinski definition) is 2. The van der Waals surface area contributed by atoms with Crippen LogP contribution < -0.4 is 15.5 Å². The fraction of sp³-hybridized carbons (Fsp3) is 0.250. The summed E-state index contributed by atoms with van der Waals surface area (Å²) in [7, 11) is 0. The maximum atomic E-state index is 12.4. The van der Waals surface area contributed by atoms with Crippen LogP contribution in [-0.2, 0) is 0 Å². The fourth-order valence-corrected chi connectivity index (χ4v) is 3.32. The number of aromatic nitrogens is 3. The average molecular weight is 362 g/mol. The number of carbonyl (C=O) groups is 1. The van der Waals surface area contributed by atoms with Crippen molar-refractivity contribution in [1.29, 1.82) is 0 Å². The van der Waals surface area contributed by atoms with E-state index in [1.807, 2.05) is 55.6 Å². The molecule has 1 saturated heterocycles. The highest BCUT2D eigenvalue weighted by atomic mass is 16.2. The number of rotatable bonds is 4. The van der Waals surface area contributed by atoms with Gasteiger partial charge >= 0.3 is 6.03 Å². The summed E-state index contributed by atoms with van der Waals surface area (Å²) >= 11 is 0. The van der Waals surface area contributed by atoms with Crippen molar-refractivity contribution in [2.45, 2.75) is 19.4 Å². The van der Waals surface area contributed by atoms with Crippen LogP contribution in [0.5, 0.6) is 0 Å². The molecule has 4 rings (SSSR count). The summed E-state index contributed by atoms with van der Waals surface area (Å²) in [4.78, 5) is 19.0. The van der Waals surface area contributed by atoms with Gasteiger partial charge in [-0.1, -0.05) is 6.07 Å². The molecule has 7 nitrogen and oxygen atoms in total. The van der Waals surface area contributed by atoms with E-state index in [0.717, 1.165) is 42.3 Å². The predicted molar refractivity (Wildman–Crippen MR) is 105 cm³/mol. The number of urea groups is 1. The minimum absolute atomic E-state index is 0.107. The Bertz CT molecular complexity index is 909. The summed E-state index contributed by atoms with van der Waals surface area (Å²) in [5.74, 6) is 0.951. The van der Waals surface area contributed by atoms with Crippen molar-refractivity contribution in [3.63, 3.8) is 0 Å². The number of aryl methyl sites for hydroxylation is 1. The Morgan fingerprint density at radius 3 is 2.85 bits per heavy atom. The maximum Gasteiger partial charge on any atom is 0.319 e. The van der Waals surface area contributed by atoms with Crippen molar-refractivity contribution in [2.24, 2.45) is 0 Å². The molecular formula is C20H22N6O. The second-order valence-corrected chi connectivity index (χ2v) is 6.67. The van der Waals surface area contributed by atoms with Crippen molar-refractivity contribution in [3.8, 4) is 5.69 Å². The van der Waals surface area contributed by atoms with Gasteiger partial charge in [-0.25, -0.2) is 14.5 Å². The van der Waals surface area contributed by atoms with E-state index in [-0.39, 0.29) is 12.1 Å². The predicted octanol–water partition coefficient (Wildman–Crippen LogP) is 2.98. The molecule has 0 unspecified atom stereocenters. The lowest BCUT2D eigenvalue weighted by Crippen LogP contribution is -2.39. The lowest BCUT2D eigenvalue weighted by Gasteiger charge is -2.18. The third-order valence-electron chi connectivity index (χ3n) is 4.72. The molecule has 0 bridgehead atoms. The van der Waals surface area contributed by atoms with Gasteiger partial charge < -0.3 is 15.5 Å². The van der Waals surface area contributed by atoms with Crippen molar-refractivity contribution < 1.29 is 4.79 Å². The molecule has 2 amide bonds. The zero-order chi connectivity index (χ0) is 18.6. The number of nitrogens with one attached hydrogen (secondary N) is 2. The van der Waals surface area contributed by atoms with E-state index in [1.54, 1.807) is 17.1 Å². The van der Waals surface area contributed by atoms with E-state index < -0.39 is 0 Å². The van der Waals surface area contributed by atoms with E-state index in [1.165, 1.54) is 0 Å². The highest BCUT2D eigenvalue weighted by molar-refractivity contribution is 5.90. The van der Waals surface area contributed by atoms with Gasteiger partial charge in [-0.05, 0) is 55.3 Å². The standard InChI is InChI=1S/C20H22N6O/c1-15-13-17(26-11-4-10-22-26)6-7-18(15)24-20(27)23-16-8-12-25(14-16)19-5-2-3-9-21-19/h2-7,9-11,13,16H,8,12,14H2,1H3,(H2,23,24,27)/t16-/m0/s1. The van der Waals surface area contributed by atoms with Crippen LogP contribution in [0.1, 0.15) is 12.0 Å². The Hall–Kier alpha value is -3.35. The van der Waals surface area contributed by atoms with Crippen LogP contribution in [0.3, 0.4) is 0 Å². The summed E-state index contributed by atoms with van der Waals surface area (Å²) in [6, 6.07) is 13.5. The first kappa shape index (κ1) is 17.1. The monoisotopic (exact) mass is 362 g/mol. The largest absolute Gasteiger partial charge is 0.354 e. The molecule has 3 aromatic rings. The van der Waals surface area contributed by atoms with Crippen LogP contribution in [-0.4, -0.2) is 39.9 Å². The van der Waals surface area contributed by atoms with E-state index >= 15 is 0 Å². The molecule has 1 fully saturated rings. The Kier molecular flexibility index (Phi) is 4.74. The zero-order valence-corrected chi connectivity index (χ0v) is 15.2. The molecule has 0 spiro atoms. The van der Waals surface area contributed by atoms with E-state index in [9.17, 15) is 4.79 Å². The summed E-state index contributed by atoms with van der Waals surface area (Å²) in [5, 5.41) is 10.2. The van der Waals surface area contributed by atoms with Crippen molar-refractivity contribution in [2.75, 3.05) is 23.3 Å². The van der Waals surface area contributed by atoms with Gasteiger partial charge in [0.15, 0.2) is 0 Å². The maximum absolute atomic E-state index is 12.4. The Labute approximate surface area is 158 Å². The number of anilines is 2. The molecule has 27 heavy (non-hydrogen) atoms. The Morgan fingerprint density at radius 2 is 2.11 bits per heavy atom. The number of pyridine rings is 1. The fourth-order valence-electron chi connectivity index (χ4n) is 3.32. The molecule has 3 heterocycles. The molecular weight excluding hydrogens is 340 g/mol. The first-order valence-corrected chi connectivity index (χ1v) is 9.03. The molecule has 2 aromatic heterocycles. The number of benzene rings is 1. The summed E-state index contributed by atoms with van der Waals surface area (Å²) in [6.45, 7) is 3.63. The van der Waals surface area contributed by atoms with Crippen molar-refractivity contribution in [1.82, 2.24) is 20.1 Å². The van der Waals surface area contributed by atoms with Gasteiger partial charge in [0.2, 0.25) is 0 Å². The van der Waals surface area contributed by atoms with Gasteiger partial charge in [0.1, 0.15) is 5.82 Å². The van der Waals surface area contributed by atoms with Crippen LogP contribution in [0, 0.1) is 6.92 Å². The Balaban J connectivity index is 1.35. The molecule has 1 aliphatic heterocycles. The quantitative estimate of drug-likeness (QED) is 0.748.